The van der Waals surface area contributed by atoms with Crippen LogP contribution in [0, 0.1) is 11.3 Å². The number of hydrogen-bond donors (Lipinski definition) is 0. The van der Waals surface area contributed by atoms with Crippen molar-refractivity contribution in [2.75, 3.05) is 19.0 Å². The largest absolute Gasteiger partial charge is 0.378 e. The normalized spacial score (nSPS) is 16.5. The van der Waals surface area contributed by atoms with E-state index >= 15 is 0 Å². The van der Waals surface area contributed by atoms with Gasteiger partial charge in [0.15, 0.2) is 0 Å². The summed E-state index contributed by atoms with van der Waals surface area (Å²) in [7, 11) is 5.75. The van der Waals surface area contributed by atoms with Gasteiger partial charge in [-0.1, -0.05) is 0 Å². The Labute approximate surface area is 129 Å². The molecule has 0 fully saturated rings. The van der Waals surface area contributed by atoms with Crippen molar-refractivity contribution in [3.8, 4) is 6.07 Å². The molecule has 6 nitrogen and oxygen atoms in total. The second-order valence-corrected chi connectivity index (χ2v) is 5.59. The van der Waals surface area contributed by atoms with Crippen LogP contribution in [-0.4, -0.2) is 34.5 Å². The van der Waals surface area contributed by atoms with Gasteiger partial charge in [0.25, 0.3) is 5.91 Å². The van der Waals surface area contributed by atoms with Gasteiger partial charge in [-0.3, -0.25) is 4.79 Å². The van der Waals surface area contributed by atoms with Gasteiger partial charge in [-0.2, -0.15) is 5.26 Å². The van der Waals surface area contributed by atoms with Crippen molar-refractivity contribution >= 4 is 11.6 Å². The first kappa shape index (κ1) is 14.1. The topological polar surface area (TPSA) is 65.2 Å². The van der Waals surface area contributed by atoms with E-state index in [9.17, 15) is 10.1 Å². The Hall–Kier alpha value is -2.81. The molecule has 0 saturated heterocycles. The highest BCUT2D eigenvalue weighted by atomic mass is 16.2. The Morgan fingerprint density at radius 1 is 1.41 bits per heavy atom. The van der Waals surface area contributed by atoms with E-state index in [0.29, 0.717) is 12.1 Å². The summed E-state index contributed by atoms with van der Waals surface area (Å²) in [5.41, 5.74) is 2.35. The summed E-state index contributed by atoms with van der Waals surface area (Å²) in [5.74, 6) is 0.643. The molecular weight excluding hydrogens is 278 g/mol. The van der Waals surface area contributed by atoms with Crippen LogP contribution < -0.4 is 4.90 Å². The highest BCUT2D eigenvalue weighted by Crippen LogP contribution is 2.36. The number of carbonyl (C=O) groups is 1. The minimum absolute atomic E-state index is 0.116. The Balaban J connectivity index is 1.99. The van der Waals surface area contributed by atoms with Gasteiger partial charge in [0.05, 0.1) is 12.6 Å². The van der Waals surface area contributed by atoms with E-state index in [1.165, 1.54) is 0 Å². The van der Waals surface area contributed by atoms with Gasteiger partial charge >= 0.3 is 0 Å². The monoisotopic (exact) mass is 295 g/mol. The number of rotatable bonds is 3. The molecule has 0 saturated carbocycles. The Morgan fingerprint density at radius 3 is 2.77 bits per heavy atom. The molecule has 0 bridgehead atoms. The third-order valence-corrected chi connectivity index (χ3v) is 4.00. The van der Waals surface area contributed by atoms with Crippen molar-refractivity contribution in [3.63, 3.8) is 0 Å². The van der Waals surface area contributed by atoms with E-state index in [2.05, 4.69) is 11.1 Å². The minimum atomic E-state index is -0.570. The van der Waals surface area contributed by atoms with Gasteiger partial charge in [-0.05, 0) is 18.2 Å². The molecule has 0 radical (unpaired) electrons. The summed E-state index contributed by atoms with van der Waals surface area (Å²) in [5, 5.41) is 9.54. The molecule has 3 rings (SSSR count). The fraction of sp³-hybridized carbons (Fsp3) is 0.312. The lowest BCUT2D eigenvalue weighted by molar-refractivity contribution is 0.0738. The van der Waals surface area contributed by atoms with Crippen LogP contribution in [0.5, 0.6) is 0 Å². The van der Waals surface area contributed by atoms with E-state index in [0.717, 1.165) is 17.1 Å². The Kier molecular flexibility index (Phi) is 3.33. The lowest BCUT2D eigenvalue weighted by Crippen LogP contribution is -2.28. The average molecular weight is 295 g/mol. The first-order chi connectivity index (χ1) is 10.5. The first-order valence-electron chi connectivity index (χ1n) is 7.01. The van der Waals surface area contributed by atoms with Crippen LogP contribution in [0.25, 0.3) is 0 Å². The quantitative estimate of drug-likeness (QED) is 0.864. The predicted molar refractivity (Wildman–Crippen MR) is 82.2 cm³/mol. The number of aryl methyl sites for hydroxylation is 1. The molecule has 2 aromatic rings. The number of anilines is 1. The summed E-state index contributed by atoms with van der Waals surface area (Å²) < 4.78 is 1.86. The van der Waals surface area contributed by atoms with E-state index in [-0.39, 0.29) is 5.91 Å². The van der Waals surface area contributed by atoms with Crippen LogP contribution in [0.2, 0.25) is 0 Å². The summed E-state index contributed by atoms with van der Waals surface area (Å²) in [6, 6.07) is 7.29. The summed E-state index contributed by atoms with van der Waals surface area (Å²) in [6.45, 7) is 0.326. The van der Waals surface area contributed by atoms with E-state index in [1.54, 1.807) is 17.2 Å². The van der Waals surface area contributed by atoms with Gasteiger partial charge in [-0.25, -0.2) is 4.98 Å². The molecule has 6 heteroatoms. The van der Waals surface area contributed by atoms with Crippen LogP contribution in [-0.2, 0) is 13.6 Å². The number of nitrogens with zero attached hydrogens (tertiary/aromatic N) is 5. The maximum absolute atomic E-state index is 12.6. The molecule has 22 heavy (non-hydrogen) atoms. The van der Waals surface area contributed by atoms with E-state index < -0.39 is 6.04 Å². The number of fused-ring (bicyclic) bond motifs is 1. The zero-order valence-corrected chi connectivity index (χ0v) is 12.8. The van der Waals surface area contributed by atoms with Gasteiger partial charge in [-0.15, -0.1) is 0 Å². The molecular formula is C16H17N5O. The maximum Gasteiger partial charge on any atom is 0.256 e. The van der Waals surface area contributed by atoms with Crippen molar-refractivity contribution < 1.29 is 4.79 Å². The molecule has 1 aliphatic rings. The van der Waals surface area contributed by atoms with Crippen molar-refractivity contribution in [1.29, 1.82) is 5.26 Å². The van der Waals surface area contributed by atoms with E-state index in [4.69, 9.17) is 0 Å². The number of hydrogen-bond acceptors (Lipinski definition) is 4. The number of nitriles is 1. The highest BCUT2D eigenvalue weighted by Gasteiger charge is 2.37. The van der Waals surface area contributed by atoms with Crippen molar-refractivity contribution in [2.24, 2.45) is 7.05 Å². The molecule has 0 spiro atoms. The fourth-order valence-corrected chi connectivity index (χ4v) is 2.69. The molecule has 1 amide bonds. The van der Waals surface area contributed by atoms with Gasteiger partial charge in [0.2, 0.25) is 0 Å². The van der Waals surface area contributed by atoms with Gasteiger partial charge < -0.3 is 14.4 Å². The standard InChI is InChI=1S/C16H17N5O/c1-19(2)11-4-5-12-13(8-11)14(9-17)21(16(12)22)10-15-18-6-7-20(15)3/h4-8,14H,10H2,1-3H3. The summed E-state index contributed by atoms with van der Waals surface area (Å²) in [4.78, 5) is 20.4. The van der Waals surface area contributed by atoms with Crippen molar-refractivity contribution in [3.05, 3.63) is 47.5 Å². The summed E-state index contributed by atoms with van der Waals surface area (Å²) in [6.07, 6.45) is 3.52. The Morgan fingerprint density at radius 2 is 2.18 bits per heavy atom. The second-order valence-electron chi connectivity index (χ2n) is 5.59. The molecule has 0 N–H and O–H groups in total. The molecule has 112 valence electrons. The first-order valence-corrected chi connectivity index (χ1v) is 7.01. The minimum Gasteiger partial charge on any atom is -0.378 e. The smallest absolute Gasteiger partial charge is 0.256 e. The van der Waals surface area contributed by atoms with Crippen molar-refractivity contribution in [2.45, 2.75) is 12.6 Å². The molecule has 0 aliphatic carbocycles. The van der Waals surface area contributed by atoms with Crippen LogP contribution in [0.1, 0.15) is 27.8 Å². The molecule has 2 heterocycles. The lowest BCUT2D eigenvalue weighted by atomic mass is 10.0. The number of benzene rings is 1. The maximum atomic E-state index is 12.6. The van der Waals surface area contributed by atoms with Crippen LogP contribution in [0.15, 0.2) is 30.6 Å². The average Bonchev–Trinajstić information content (AvgIpc) is 3.02. The van der Waals surface area contributed by atoms with Gasteiger partial charge in [0, 0.05) is 50.4 Å². The zero-order chi connectivity index (χ0) is 15.9. The number of amides is 1. The van der Waals surface area contributed by atoms with Gasteiger partial charge in [0.1, 0.15) is 11.9 Å². The Bertz CT molecular complexity index is 771. The molecule has 1 atom stereocenters. The van der Waals surface area contributed by atoms with Crippen LogP contribution in [0.4, 0.5) is 5.69 Å². The fourth-order valence-electron chi connectivity index (χ4n) is 2.69. The molecule has 1 aliphatic heterocycles. The number of imidazole rings is 1. The third-order valence-electron chi connectivity index (χ3n) is 4.00. The lowest BCUT2D eigenvalue weighted by Gasteiger charge is -2.20. The van der Waals surface area contributed by atoms with E-state index in [1.807, 2.05) is 48.9 Å². The van der Waals surface area contributed by atoms with Crippen molar-refractivity contribution in [1.82, 2.24) is 14.5 Å². The summed E-state index contributed by atoms with van der Waals surface area (Å²) >= 11 is 0. The molecule has 1 aromatic heterocycles. The predicted octanol–water partition coefficient (Wildman–Crippen LogP) is 1.71. The highest BCUT2D eigenvalue weighted by molar-refractivity contribution is 6.00. The molecule has 1 aromatic carbocycles. The van der Waals surface area contributed by atoms with Crippen LogP contribution >= 0.6 is 0 Å². The SMILES string of the molecule is CN(C)c1ccc2c(c1)C(C#N)N(Cc1nccn1C)C2=O. The van der Waals surface area contributed by atoms with Crippen LogP contribution in [0.3, 0.4) is 0 Å². The molecule has 1 unspecified atom stereocenters. The third kappa shape index (κ3) is 2.11. The zero-order valence-electron chi connectivity index (χ0n) is 12.8. The number of carbonyl (C=O) groups excluding carboxylic acids is 1. The second kappa shape index (κ2) is 5.19. The number of aromatic nitrogens is 2.